The van der Waals surface area contributed by atoms with Crippen LogP contribution >= 0.6 is 0 Å². The molecular weight excluding hydrogens is 294 g/mol. The van der Waals surface area contributed by atoms with Gasteiger partial charge in [0.1, 0.15) is 5.82 Å². The first-order chi connectivity index (χ1) is 10.5. The molecule has 0 radical (unpaired) electrons. The highest BCUT2D eigenvalue weighted by molar-refractivity contribution is 5.74. The molecule has 1 N–H and O–H groups in total. The maximum absolute atomic E-state index is 12.7. The maximum atomic E-state index is 12.7. The van der Waals surface area contributed by atoms with Crippen molar-refractivity contribution >= 4 is 6.03 Å². The number of amides is 2. The standard InChI is InChI=1S/C14H22F2N4O2/c1-3-11-9-19(8-10(2)22-11)14(21)18-5-4-12-17-6-7-20(12)13(15)16/h6-7,10-11,13H,3-5,8-9H2,1-2H3,(H,18,21). The Kier molecular flexibility index (Phi) is 5.70. The second-order valence-electron chi connectivity index (χ2n) is 5.39. The van der Waals surface area contributed by atoms with E-state index in [1.165, 1.54) is 12.4 Å². The zero-order valence-corrected chi connectivity index (χ0v) is 12.8. The molecule has 2 atom stereocenters. The van der Waals surface area contributed by atoms with Crippen molar-refractivity contribution in [3.05, 3.63) is 18.2 Å². The minimum Gasteiger partial charge on any atom is -0.372 e. The Morgan fingerprint density at radius 2 is 2.32 bits per heavy atom. The van der Waals surface area contributed by atoms with Gasteiger partial charge in [0.2, 0.25) is 0 Å². The van der Waals surface area contributed by atoms with Crippen molar-refractivity contribution in [2.45, 2.75) is 45.4 Å². The molecule has 0 spiro atoms. The van der Waals surface area contributed by atoms with Gasteiger partial charge >= 0.3 is 12.6 Å². The molecule has 1 aromatic heterocycles. The summed E-state index contributed by atoms with van der Waals surface area (Å²) in [6, 6.07) is -0.191. The Morgan fingerprint density at radius 1 is 1.55 bits per heavy atom. The van der Waals surface area contributed by atoms with Gasteiger partial charge in [-0.05, 0) is 13.3 Å². The van der Waals surface area contributed by atoms with Crippen molar-refractivity contribution in [3.63, 3.8) is 0 Å². The fourth-order valence-corrected chi connectivity index (χ4v) is 2.54. The molecule has 0 aromatic carbocycles. The van der Waals surface area contributed by atoms with E-state index in [9.17, 15) is 13.6 Å². The predicted molar refractivity (Wildman–Crippen MR) is 76.8 cm³/mol. The molecule has 2 amide bonds. The molecule has 1 saturated heterocycles. The summed E-state index contributed by atoms with van der Waals surface area (Å²) in [6.07, 6.45) is 3.73. The quantitative estimate of drug-likeness (QED) is 0.904. The lowest BCUT2D eigenvalue weighted by molar-refractivity contribution is -0.0645. The molecule has 2 rings (SSSR count). The van der Waals surface area contributed by atoms with Crippen LogP contribution < -0.4 is 5.32 Å². The fourth-order valence-electron chi connectivity index (χ4n) is 2.54. The number of hydrogen-bond donors (Lipinski definition) is 1. The van der Waals surface area contributed by atoms with E-state index in [0.29, 0.717) is 13.1 Å². The molecule has 2 unspecified atom stereocenters. The number of urea groups is 1. The highest BCUT2D eigenvalue weighted by Gasteiger charge is 2.27. The molecule has 1 aromatic rings. The van der Waals surface area contributed by atoms with E-state index in [1.807, 2.05) is 13.8 Å². The number of carbonyl (C=O) groups is 1. The lowest BCUT2D eigenvalue weighted by Gasteiger charge is -2.36. The molecule has 2 heterocycles. The van der Waals surface area contributed by atoms with Crippen LogP contribution in [0.2, 0.25) is 0 Å². The molecule has 8 heteroatoms. The summed E-state index contributed by atoms with van der Waals surface area (Å²) < 4.78 is 31.9. The van der Waals surface area contributed by atoms with Gasteiger partial charge in [0, 0.05) is 38.4 Å². The first kappa shape index (κ1) is 16.7. The Labute approximate surface area is 128 Å². The molecule has 6 nitrogen and oxygen atoms in total. The van der Waals surface area contributed by atoms with Gasteiger partial charge in [-0.2, -0.15) is 8.78 Å². The predicted octanol–water partition coefficient (Wildman–Crippen LogP) is 2.03. The van der Waals surface area contributed by atoms with Gasteiger partial charge in [-0.3, -0.25) is 4.57 Å². The van der Waals surface area contributed by atoms with Crippen LogP contribution in [-0.2, 0) is 11.2 Å². The normalized spacial score (nSPS) is 22.1. The molecule has 0 saturated carbocycles. The SMILES string of the molecule is CCC1CN(C(=O)NCCc2nccn2C(F)F)CC(C)O1. The van der Waals surface area contributed by atoms with E-state index < -0.39 is 6.55 Å². The summed E-state index contributed by atoms with van der Waals surface area (Å²) >= 11 is 0. The maximum Gasteiger partial charge on any atom is 0.319 e. The number of nitrogens with zero attached hydrogens (tertiary/aromatic N) is 3. The zero-order chi connectivity index (χ0) is 16.1. The number of nitrogens with one attached hydrogen (secondary N) is 1. The molecule has 124 valence electrons. The van der Waals surface area contributed by atoms with Crippen molar-refractivity contribution in [2.75, 3.05) is 19.6 Å². The van der Waals surface area contributed by atoms with Crippen molar-refractivity contribution in [1.29, 1.82) is 0 Å². The average molecular weight is 316 g/mol. The summed E-state index contributed by atoms with van der Waals surface area (Å²) in [4.78, 5) is 17.7. The molecule has 1 fully saturated rings. The van der Waals surface area contributed by atoms with E-state index in [0.717, 1.165) is 11.0 Å². The monoisotopic (exact) mass is 316 g/mol. The highest BCUT2D eigenvalue weighted by Crippen LogP contribution is 2.14. The molecule has 0 aliphatic carbocycles. The third-order valence-electron chi connectivity index (χ3n) is 3.65. The Morgan fingerprint density at radius 3 is 3.00 bits per heavy atom. The van der Waals surface area contributed by atoms with Gasteiger partial charge in [0.25, 0.3) is 0 Å². The van der Waals surface area contributed by atoms with Crippen LogP contribution in [0.15, 0.2) is 12.4 Å². The van der Waals surface area contributed by atoms with Crippen LogP contribution in [0.3, 0.4) is 0 Å². The van der Waals surface area contributed by atoms with Crippen molar-refractivity contribution in [3.8, 4) is 0 Å². The Bertz CT molecular complexity index is 495. The molecular formula is C14H22F2N4O2. The summed E-state index contributed by atoms with van der Waals surface area (Å²) in [5, 5.41) is 2.76. The lowest BCUT2D eigenvalue weighted by atomic mass is 10.2. The number of halogens is 2. The molecule has 22 heavy (non-hydrogen) atoms. The van der Waals surface area contributed by atoms with Gasteiger partial charge < -0.3 is 15.0 Å². The third kappa shape index (κ3) is 4.16. The van der Waals surface area contributed by atoms with Gasteiger partial charge in [-0.1, -0.05) is 6.92 Å². The number of rotatable bonds is 5. The van der Waals surface area contributed by atoms with Gasteiger partial charge in [0.15, 0.2) is 0 Å². The number of morpholine rings is 1. The van der Waals surface area contributed by atoms with E-state index in [4.69, 9.17) is 4.74 Å². The van der Waals surface area contributed by atoms with E-state index in [1.54, 1.807) is 4.90 Å². The second kappa shape index (κ2) is 7.53. The largest absolute Gasteiger partial charge is 0.372 e. The summed E-state index contributed by atoms with van der Waals surface area (Å²) in [5.74, 6) is 0.261. The van der Waals surface area contributed by atoms with Crippen LogP contribution in [0.5, 0.6) is 0 Å². The average Bonchev–Trinajstić information content (AvgIpc) is 2.95. The number of ether oxygens (including phenoxy) is 1. The van der Waals surface area contributed by atoms with Crippen molar-refractivity contribution in [1.82, 2.24) is 19.8 Å². The first-order valence-electron chi connectivity index (χ1n) is 7.49. The summed E-state index contributed by atoms with van der Waals surface area (Å²) in [5.41, 5.74) is 0. The third-order valence-corrected chi connectivity index (χ3v) is 3.65. The minimum atomic E-state index is -2.61. The van der Waals surface area contributed by atoms with Gasteiger partial charge in [-0.25, -0.2) is 9.78 Å². The van der Waals surface area contributed by atoms with E-state index in [2.05, 4.69) is 10.3 Å². The molecule has 1 aliphatic heterocycles. The number of imidazole rings is 1. The Hall–Kier alpha value is -1.70. The number of hydrogen-bond acceptors (Lipinski definition) is 3. The minimum absolute atomic E-state index is 0.00202. The number of alkyl halides is 2. The topological polar surface area (TPSA) is 59.4 Å². The second-order valence-corrected chi connectivity index (χ2v) is 5.39. The van der Waals surface area contributed by atoms with Crippen molar-refractivity contribution in [2.24, 2.45) is 0 Å². The smallest absolute Gasteiger partial charge is 0.319 e. The molecule has 1 aliphatic rings. The number of carbonyl (C=O) groups excluding carboxylic acids is 1. The highest BCUT2D eigenvalue weighted by atomic mass is 19.3. The summed E-state index contributed by atoms with van der Waals surface area (Å²) in [6.45, 7) is 2.70. The molecule has 0 bridgehead atoms. The van der Waals surface area contributed by atoms with Gasteiger partial charge in [-0.15, -0.1) is 0 Å². The summed E-state index contributed by atoms with van der Waals surface area (Å²) in [7, 11) is 0. The van der Waals surface area contributed by atoms with E-state index >= 15 is 0 Å². The lowest BCUT2D eigenvalue weighted by Crippen LogP contribution is -2.52. The van der Waals surface area contributed by atoms with Crippen LogP contribution in [0.1, 0.15) is 32.6 Å². The van der Waals surface area contributed by atoms with E-state index in [-0.39, 0.29) is 37.0 Å². The van der Waals surface area contributed by atoms with Gasteiger partial charge in [0.05, 0.1) is 12.2 Å². The van der Waals surface area contributed by atoms with Crippen LogP contribution in [0, 0.1) is 0 Å². The van der Waals surface area contributed by atoms with Crippen LogP contribution in [0.4, 0.5) is 13.6 Å². The van der Waals surface area contributed by atoms with Crippen LogP contribution in [-0.4, -0.2) is 52.3 Å². The zero-order valence-electron chi connectivity index (χ0n) is 12.8. The van der Waals surface area contributed by atoms with Crippen LogP contribution in [0.25, 0.3) is 0 Å². The first-order valence-corrected chi connectivity index (χ1v) is 7.49. The van der Waals surface area contributed by atoms with Crippen molar-refractivity contribution < 1.29 is 18.3 Å². The Balaban J connectivity index is 1.81. The fraction of sp³-hybridized carbons (Fsp3) is 0.714. The number of aromatic nitrogens is 2.